The molecule has 0 spiro atoms. The van der Waals surface area contributed by atoms with E-state index < -0.39 is 0 Å². The van der Waals surface area contributed by atoms with E-state index in [1.54, 1.807) is 0 Å². The van der Waals surface area contributed by atoms with Gasteiger partial charge in [-0.15, -0.1) is 0 Å². The Morgan fingerprint density at radius 3 is 2.27 bits per heavy atom. The predicted molar refractivity (Wildman–Crippen MR) is 68.7 cm³/mol. The maximum absolute atomic E-state index is 4.03. The van der Waals surface area contributed by atoms with Gasteiger partial charge in [0.25, 0.3) is 0 Å². The highest BCUT2D eigenvalue weighted by molar-refractivity contribution is 5.14. The third-order valence-electron chi connectivity index (χ3n) is 3.20. The summed E-state index contributed by atoms with van der Waals surface area (Å²) in [5, 5.41) is 0. The Balaban J connectivity index is 3.82. The van der Waals surface area contributed by atoms with Crippen LogP contribution in [-0.4, -0.2) is 43.0 Å². The van der Waals surface area contributed by atoms with E-state index in [4.69, 9.17) is 0 Å². The Hall–Kier alpha value is -0.370. The summed E-state index contributed by atoms with van der Waals surface area (Å²) in [5.41, 5.74) is 0. The van der Waals surface area contributed by atoms with Crippen LogP contribution in [0.2, 0.25) is 0 Å². The lowest BCUT2D eigenvalue weighted by Crippen LogP contribution is -2.33. The summed E-state index contributed by atoms with van der Waals surface area (Å²) in [6.45, 7) is 16.4. The maximum Gasteiger partial charge on any atom is 0.198 e. The second kappa shape index (κ2) is 7.86. The molecule has 2 atom stereocenters. The Morgan fingerprint density at radius 2 is 1.80 bits per heavy atom. The summed E-state index contributed by atoms with van der Waals surface area (Å²) in [7, 11) is 2.19. The zero-order valence-corrected chi connectivity index (χ0v) is 11.3. The van der Waals surface area contributed by atoms with Crippen molar-refractivity contribution >= 4 is 6.72 Å². The van der Waals surface area contributed by atoms with Crippen LogP contribution in [0.1, 0.15) is 40.5 Å². The van der Waals surface area contributed by atoms with Crippen LogP contribution >= 0.6 is 0 Å². The molecule has 0 rings (SSSR count). The number of rotatable bonds is 8. The highest BCUT2D eigenvalue weighted by Gasteiger charge is 2.14. The van der Waals surface area contributed by atoms with Crippen LogP contribution in [0.3, 0.4) is 0 Å². The Bertz CT molecular complexity index is 177. The van der Waals surface area contributed by atoms with Crippen molar-refractivity contribution in [3.05, 3.63) is 0 Å². The Kier molecular flexibility index (Phi) is 7.67. The molecule has 0 aliphatic carbocycles. The van der Waals surface area contributed by atoms with Crippen molar-refractivity contribution in [2.24, 2.45) is 11.8 Å². The van der Waals surface area contributed by atoms with Crippen molar-refractivity contribution in [3.8, 4) is 0 Å². The zero-order chi connectivity index (χ0) is 11.8. The SMILES string of the molecule is C=[N+](CCC)CN(C)CC(C)C(C)CC. The molecule has 2 heteroatoms. The molecule has 2 unspecified atom stereocenters. The molecule has 0 bridgehead atoms. The topological polar surface area (TPSA) is 6.25 Å². The molecule has 0 N–H and O–H groups in total. The zero-order valence-electron chi connectivity index (χ0n) is 11.3. The molecule has 0 saturated heterocycles. The molecule has 0 radical (unpaired) electrons. The van der Waals surface area contributed by atoms with Crippen LogP contribution < -0.4 is 0 Å². The Morgan fingerprint density at radius 1 is 1.20 bits per heavy atom. The minimum absolute atomic E-state index is 0.773. The van der Waals surface area contributed by atoms with E-state index in [9.17, 15) is 0 Å². The largest absolute Gasteiger partial charge is 0.251 e. The fourth-order valence-electron chi connectivity index (χ4n) is 1.86. The van der Waals surface area contributed by atoms with Crippen molar-refractivity contribution in [3.63, 3.8) is 0 Å². The molecular formula is C13H29N2+. The molecule has 0 aromatic carbocycles. The van der Waals surface area contributed by atoms with Gasteiger partial charge in [-0.1, -0.05) is 34.1 Å². The van der Waals surface area contributed by atoms with Gasteiger partial charge >= 0.3 is 0 Å². The predicted octanol–water partition coefficient (Wildman–Crippen LogP) is 2.68. The lowest BCUT2D eigenvalue weighted by molar-refractivity contribution is -0.540. The summed E-state index contributed by atoms with van der Waals surface area (Å²) in [5.74, 6) is 1.59. The lowest BCUT2D eigenvalue weighted by atomic mass is 9.93. The van der Waals surface area contributed by atoms with Gasteiger partial charge in [0, 0.05) is 13.0 Å². The molecule has 0 fully saturated rings. The molecule has 0 heterocycles. The lowest BCUT2D eigenvalue weighted by Gasteiger charge is -2.23. The second-order valence-corrected chi connectivity index (χ2v) is 4.94. The normalized spacial score (nSPS) is 15.3. The fraction of sp³-hybridized carbons (Fsp3) is 0.923. The second-order valence-electron chi connectivity index (χ2n) is 4.94. The molecule has 0 aromatic heterocycles. The van der Waals surface area contributed by atoms with E-state index in [0.717, 1.165) is 25.0 Å². The van der Waals surface area contributed by atoms with E-state index in [1.807, 2.05) is 0 Å². The summed E-state index contributed by atoms with van der Waals surface area (Å²) >= 11 is 0. The molecule has 0 saturated carbocycles. The quantitative estimate of drug-likeness (QED) is 0.341. The van der Waals surface area contributed by atoms with Crippen molar-refractivity contribution in [1.82, 2.24) is 4.90 Å². The number of nitrogens with zero attached hydrogens (tertiary/aromatic N) is 2. The first kappa shape index (κ1) is 14.6. The summed E-state index contributed by atoms with van der Waals surface area (Å²) < 4.78 is 2.14. The monoisotopic (exact) mass is 213 g/mol. The smallest absolute Gasteiger partial charge is 0.198 e. The minimum Gasteiger partial charge on any atom is -0.251 e. The fourth-order valence-corrected chi connectivity index (χ4v) is 1.86. The first-order chi connectivity index (χ1) is 7.01. The van der Waals surface area contributed by atoms with Crippen molar-refractivity contribution in [2.75, 3.05) is 26.8 Å². The maximum atomic E-state index is 4.03. The summed E-state index contributed by atoms with van der Waals surface area (Å²) in [6.07, 6.45) is 2.45. The average molecular weight is 213 g/mol. The van der Waals surface area contributed by atoms with E-state index >= 15 is 0 Å². The van der Waals surface area contributed by atoms with Crippen LogP contribution in [0.15, 0.2) is 0 Å². The van der Waals surface area contributed by atoms with Gasteiger partial charge in [-0.2, -0.15) is 0 Å². The van der Waals surface area contributed by atoms with Gasteiger partial charge in [-0.25, -0.2) is 4.58 Å². The van der Waals surface area contributed by atoms with Crippen LogP contribution in [0, 0.1) is 11.8 Å². The Labute approximate surface area is 96.0 Å². The van der Waals surface area contributed by atoms with Crippen LogP contribution in [0.25, 0.3) is 0 Å². The van der Waals surface area contributed by atoms with Crippen molar-refractivity contribution in [1.29, 1.82) is 0 Å². The molecule has 2 nitrogen and oxygen atoms in total. The first-order valence-corrected chi connectivity index (χ1v) is 6.25. The summed E-state index contributed by atoms with van der Waals surface area (Å²) in [4.78, 5) is 2.37. The van der Waals surface area contributed by atoms with E-state index in [0.29, 0.717) is 0 Å². The highest BCUT2D eigenvalue weighted by Crippen LogP contribution is 2.14. The van der Waals surface area contributed by atoms with E-state index in [1.165, 1.54) is 19.4 Å². The van der Waals surface area contributed by atoms with Crippen molar-refractivity contribution < 1.29 is 4.58 Å². The van der Waals surface area contributed by atoms with Crippen LogP contribution in [0.4, 0.5) is 0 Å². The van der Waals surface area contributed by atoms with Crippen LogP contribution in [-0.2, 0) is 0 Å². The summed E-state index contributed by atoms with van der Waals surface area (Å²) in [6, 6.07) is 0. The third kappa shape index (κ3) is 6.67. The molecule has 15 heavy (non-hydrogen) atoms. The number of hydrogen-bond acceptors (Lipinski definition) is 1. The van der Waals surface area contributed by atoms with Gasteiger partial charge in [0.15, 0.2) is 6.67 Å². The van der Waals surface area contributed by atoms with E-state index in [2.05, 4.69) is 50.9 Å². The van der Waals surface area contributed by atoms with Gasteiger partial charge in [-0.3, -0.25) is 4.90 Å². The third-order valence-corrected chi connectivity index (χ3v) is 3.20. The molecular weight excluding hydrogens is 184 g/mol. The van der Waals surface area contributed by atoms with Gasteiger partial charge in [0.1, 0.15) is 13.3 Å². The molecule has 0 aliphatic heterocycles. The molecule has 0 aliphatic rings. The van der Waals surface area contributed by atoms with Crippen molar-refractivity contribution in [2.45, 2.75) is 40.5 Å². The highest BCUT2D eigenvalue weighted by atomic mass is 15.2. The minimum atomic E-state index is 0.773. The number of hydrogen-bond donors (Lipinski definition) is 0. The molecule has 0 amide bonds. The first-order valence-electron chi connectivity index (χ1n) is 6.25. The van der Waals surface area contributed by atoms with Crippen LogP contribution in [0.5, 0.6) is 0 Å². The van der Waals surface area contributed by atoms with Gasteiger partial charge in [0.2, 0.25) is 0 Å². The average Bonchev–Trinajstić information content (AvgIpc) is 2.16. The molecule has 0 aromatic rings. The molecule has 90 valence electrons. The standard InChI is InChI=1S/C13H29N2/c1-7-9-14(5)11-15(6)10-13(4)12(3)8-2/h12-13H,5,7-11H2,1-4,6H3/q+1. The van der Waals surface area contributed by atoms with E-state index in [-0.39, 0.29) is 0 Å². The van der Waals surface area contributed by atoms with Gasteiger partial charge in [0.05, 0.1) is 0 Å². The van der Waals surface area contributed by atoms with Gasteiger partial charge in [-0.05, 0) is 18.9 Å². The van der Waals surface area contributed by atoms with Gasteiger partial charge < -0.3 is 0 Å².